The molecule has 94 valence electrons. The number of hydrogen-bond acceptors (Lipinski definition) is 4. The molecular weight excluding hydrogens is 234 g/mol. The third kappa shape index (κ3) is 2.72. The maximum Gasteiger partial charge on any atom is 0.322 e. The molecule has 1 aliphatic heterocycles. The van der Waals surface area contributed by atoms with Gasteiger partial charge in [-0.15, -0.1) is 0 Å². The topological polar surface area (TPSA) is 83.9 Å². The van der Waals surface area contributed by atoms with Crippen molar-refractivity contribution in [2.75, 3.05) is 26.0 Å². The van der Waals surface area contributed by atoms with E-state index in [9.17, 15) is 13.2 Å². The molecule has 2 atom stereocenters. The lowest BCUT2D eigenvalue weighted by Crippen LogP contribution is -2.44. The zero-order valence-electron chi connectivity index (χ0n) is 9.42. The van der Waals surface area contributed by atoms with E-state index in [1.807, 2.05) is 0 Å². The Balaban J connectivity index is 2.83. The van der Waals surface area contributed by atoms with E-state index >= 15 is 0 Å². The van der Waals surface area contributed by atoms with Crippen molar-refractivity contribution in [1.82, 2.24) is 4.31 Å². The summed E-state index contributed by atoms with van der Waals surface area (Å²) in [7, 11) is -2.11. The molecule has 0 aromatic rings. The number of carboxylic acids is 1. The molecule has 0 bridgehead atoms. The van der Waals surface area contributed by atoms with Crippen LogP contribution in [0, 0.1) is 5.92 Å². The summed E-state index contributed by atoms with van der Waals surface area (Å²) < 4.78 is 29.5. The van der Waals surface area contributed by atoms with Gasteiger partial charge in [-0.05, 0) is 12.3 Å². The summed E-state index contributed by atoms with van der Waals surface area (Å²) in [6.07, 6.45) is 0.586. The first-order valence-electron chi connectivity index (χ1n) is 5.11. The summed E-state index contributed by atoms with van der Waals surface area (Å²) in [5.74, 6) is -1.39. The molecule has 1 N–H and O–H groups in total. The number of rotatable bonds is 5. The Bertz CT molecular complexity index is 353. The molecule has 7 heteroatoms. The van der Waals surface area contributed by atoms with Crippen LogP contribution >= 0.6 is 0 Å². The molecule has 0 amide bonds. The molecule has 1 rings (SSSR count). The summed E-state index contributed by atoms with van der Waals surface area (Å²) in [6.45, 7) is 2.12. The highest BCUT2D eigenvalue weighted by molar-refractivity contribution is 7.89. The van der Waals surface area contributed by atoms with E-state index in [-0.39, 0.29) is 24.8 Å². The number of hydrogen-bond donors (Lipinski definition) is 1. The average Bonchev–Trinajstić information content (AvgIpc) is 2.58. The number of carboxylic acid groups (broad SMARTS) is 1. The highest BCUT2D eigenvalue weighted by Crippen LogP contribution is 2.27. The molecule has 0 aromatic heterocycles. The van der Waals surface area contributed by atoms with Gasteiger partial charge in [-0.1, -0.05) is 6.92 Å². The first-order chi connectivity index (χ1) is 7.40. The highest BCUT2D eigenvalue weighted by atomic mass is 32.2. The number of methoxy groups -OCH3 is 1. The number of sulfonamides is 1. The van der Waals surface area contributed by atoms with Gasteiger partial charge >= 0.3 is 5.97 Å². The Morgan fingerprint density at radius 2 is 2.19 bits per heavy atom. The minimum atomic E-state index is -3.52. The fourth-order valence-corrected chi connectivity index (χ4v) is 3.54. The van der Waals surface area contributed by atoms with Crippen LogP contribution in [0.1, 0.15) is 13.3 Å². The van der Waals surface area contributed by atoms with Gasteiger partial charge in [-0.3, -0.25) is 4.79 Å². The number of ether oxygens (including phenoxy) is 1. The van der Waals surface area contributed by atoms with E-state index in [0.29, 0.717) is 6.42 Å². The van der Waals surface area contributed by atoms with Crippen LogP contribution in [0.15, 0.2) is 0 Å². The Labute approximate surface area is 95.2 Å². The van der Waals surface area contributed by atoms with Crippen LogP contribution in [0.4, 0.5) is 0 Å². The highest BCUT2D eigenvalue weighted by Gasteiger charge is 2.42. The zero-order valence-corrected chi connectivity index (χ0v) is 10.2. The second kappa shape index (κ2) is 5.11. The molecule has 0 saturated carbocycles. The molecule has 2 unspecified atom stereocenters. The van der Waals surface area contributed by atoms with Crippen LogP contribution in [0.2, 0.25) is 0 Å². The zero-order chi connectivity index (χ0) is 12.3. The molecule has 0 aromatic carbocycles. The molecular formula is C9H17NO5S. The SMILES string of the molecule is COCCS(=O)(=O)N1CCC(C)C1C(=O)O. The van der Waals surface area contributed by atoms with Crippen LogP contribution in [-0.2, 0) is 19.6 Å². The van der Waals surface area contributed by atoms with Gasteiger partial charge in [0.25, 0.3) is 0 Å². The first kappa shape index (κ1) is 13.4. The van der Waals surface area contributed by atoms with Gasteiger partial charge in [0.1, 0.15) is 6.04 Å². The van der Waals surface area contributed by atoms with E-state index in [1.165, 1.54) is 7.11 Å². The second-order valence-electron chi connectivity index (χ2n) is 3.97. The maximum atomic E-state index is 11.8. The molecule has 0 spiro atoms. The minimum Gasteiger partial charge on any atom is -0.480 e. The van der Waals surface area contributed by atoms with Crippen LogP contribution < -0.4 is 0 Å². The van der Waals surface area contributed by atoms with Gasteiger partial charge in [0.15, 0.2) is 0 Å². The van der Waals surface area contributed by atoms with Gasteiger partial charge < -0.3 is 9.84 Å². The van der Waals surface area contributed by atoms with Gasteiger partial charge in [0, 0.05) is 13.7 Å². The molecule has 0 aliphatic carbocycles. The number of carbonyl (C=O) groups is 1. The van der Waals surface area contributed by atoms with E-state index in [0.717, 1.165) is 4.31 Å². The fraction of sp³-hybridized carbons (Fsp3) is 0.889. The first-order valence-corrected chi connectivity index (χ1v) is 6.72. The number of aliphatic carboxylic acids is 1. The van der Waals surface area contributed by atoms with Gasteiger partial charge in [0.2, 0.25) is 10.0 Å². The molecule has 1 fully saturated rings. The minimum absolute atomic E-state index is 0.0829. The lowest BCUT2D eigenvalue weighted by Gasteiger charge is -2.22. The van der Waals surface area contributed by atoms with Crippen molar-refractivity contribution in [1.29, 1.82) is 0 Å². The molecule has 1 saturated heterocycles. The fourth-order valence-electron chi connectivity index (χ4n) is 1.90. The Morgan fingerprint density at radius 3 is 2.69 bits per heavy atom. The van der Waals surface area contributed by atoms with E-state index in [4.69, 9.17) is 9.84 Å². The van der Waals surface area contributed by atoms with E-state index in [1.54, 1.807) is 6.92 Å². The largest absolute Gasteiger partial charge is 0.480 e. The Hall–Kier alpha value is -0.660. The molecule has 1 heterocycles. The predicted molar refractivity (Wildman–Crippen MR) is 57.6 cm³/mol. The van der Waals surface area contributed by atoms with Crippen LogP contribution in [0.3, 0.4) is 0 Å². The predicted octanol–water partition coefficient (Wildman–Crippen LogP) is -0.242. The lowest BCUT2D eigenvalue weighted by atomic mass is 10.0. The van der Waals surface area contributed by atoms with Crippen molar-refractivity contribution in [3.8, 4) is 0 Å². The smallest absolute Gasteiger partial charge is 0.322 e. The van der Waals surface area contributed by atoms with E-state index < -0.39 is 22.0 Å². The van der Waals surface area contributed by atoms with E-state index in [2.05, 4.69) is 0 Å². The summed E-state index contributed by atoms with van der Waals surface area (Å²) >= 11 is 0. The maximum absolute atomic E-state index is 11.8. The van der Waals surface area contributed by atoms with Crippen molar-refractivity contribution < 1.29 is 23.1 Å². The average molecular weight is 251 g/mol. The second-order valence-corrected chi connectivity index (χ2v) is 6.01. The summed E-state index contributed by atoms with van der Waals surface area (Å²) in [5.41, 5.74) is 0. The summed E-state index contributed by atoms with van der Waals surface area (Å²) in [5, 5.41) is 9.01. The third-order valence-electron chi connectivity index (χ3n) is 2.81. The van der Waals surface area contributed by atoms with Gasteiger partial charge in [0.05, 0.1) is 12.4 Å². The quantitative estimate of drug-likeness (QED) is 0.729. The van der Waals surface area contributed by atoms with Crippen molar-refractivity contribution in [3.05, 3.63) is 0 Å². The molecule has 1 aliphatic rings. The van der Waals surface area contributed by atoms with Crippen molar-refractivity contribution in [2.24, 2.45) is 5.92 Å². The Kier molecular flexibility index (Phi) is 4.28. The van der Waals surface area contributed by atoms with Crippen LogP contribution in [-0.4, -0.2) is 55.9 Å². The standard InChI is InChI=1S/C9H17NO5S/c1-7-3-4-10(8(7)9(11)12)16(13,14)6-5-15-2/h7-8H,3-6H2,1-2H3,(H,11,12). The molecule has 16 heavy (non-hydrogen) atoms. The molecule has 6 nitrogen and oxygen atoms in total. The Morgan fingerprint density at radius 1 is 1.56 bits per heavy atom. The normalized spacial score (nSPS) is 27.1. The summed E-state index contributed by atoms with van der Waals surface area (Å²) in [4.78, 5) is 11.0. The third-order valence-corrected chi connectivity index (χ3v) is 4.62. The van der Waals surface area contributed by atoms with Gasteiger partial charge in [-0.2, -0.15) is 4.31 Å². The van der Waals surface area contributed by atoms with Crippen molar-refractivity contribution >= 4 is 16.0 Å². The van der Waals surface area contributed by atoms with Gasteiger partial charge in [-0.25, -0.2) is 8.42 Å². The van der Waals surface area contributed by atoms with Crippen molar-refractivity contribution in [2.45, 2.75) is 19.4 Å². The molecule has 0 radical (unpaired) electrons. The number of nitrogens with zero attached hydrogens (tertiary/aromatic N) is 1. The monoisotopic (exact) mass is 251 g/mol. The van der Waals surface area contributed by atoms with Crippen LogP contribution in [0.5, 0.6) is 0 Å². The summed E-state index contributed by atoms with van der Waals surface area (Å²) in [6, 6.07) is -0.929. The lowest BCUT2D eigenvalue weighted by molar-refractivity contribution is -0.141. The van der Waals surface area contributed by atoms with Crippen LogP contribution in [0.25, 0.3) is 0 Å². The van der Waals surface area contributed by atoms with Crippen molar-refractivity contribution in [3.63, 3.8) is 0 Å².